The number of pyridine rings is 1. The molecule has 4 heteroatoms. The first-order valence-electron chi connectivity index (χ1n) is 8.82. The lowest BCUT2D eigenvalue weighted by atomic mass is 9.98. The van der Waals surface area contributed by atoms with E-state index in [1.165, 1.54) is 11.4 Å². The lowest BCUT2D eigenvalue weighted by Crippen LogP contribution is -2.26. The number of carbonyl (C=O) groups excluding carboxylic acids is 1. The molecule has 0 saturated heterocycles. The summed E-state index contributed by atoms with van der Waals surface area (Å²) in [5, 5.41) is 0. The molecule has 0 aliphatic carbocycles. The zero-order valence-electron chi connectivity index (χ0n) is 16.0. The van der Waals surface area contributed by atoms with Crippen LogP contribution in [0, 0.1) is 13.8 Å². The van der Waals surface area contributed by atoms with Crippen molar-refractivity contribution >= 4 is 5.91 Å². The molecule has 3 aromatic rings. The van der Waals surface area contributed by atoms with Crippen LogP contribution in [0.1, 0.15) is 29.8 Å². The van der Waals surface area contributed by atoms with Gasteiger partial charge in [0, 0.05) is 31.0 Å². The number of benzene rings is 1. The molecule has 1 aromatic carbocycles. The summed E-state index contributed by atoms with van der Waals surface area (Å²) in [6, 6.07) is 18.4. The molecule has 0 fully saturated rings. The second kappa shape index (κ2) is 7.16. The van der Waals surface area contributed by atoms with Gasteiger partial charge < -0.3 is 9.47 Å². The molecule has 1 amide bonds. The smallest absolute Gasteiger partial charge is 0.229 e. The first kappa shape index (κ1) is 17.9. The van der Waals surface area contributed by atoms with E-state index in [0.717, 1.165) is 22.6 Å². The van der Waals surface area contributed by atoms with Gasteiger partial charge in [-0.05, 0) is 50.6 Å². The molecule has 0 N–H and O–H groups in total. The van der Waals surface area contributed by atoms with Crippen LogP contribution in [0.15, 0.2) is 54.6 Å². The number of hydrogen-bond acceptors (Lipinski definition) is 2. The highest BCUT2D eigenvalue weighted by Gasteiger charge is 2.17. The van der Waals surface area contributed by atoms with Crippen molar-refractivity contribution in [2.75, 3.05) is 14.1 Å². The van der Waals surface area contributed by atoms with E-state index in [1.807, 2.05) is 49.4 Å². The Labute approximate surface area is 155 Å². The monoisotopic (exact) mass is 347 g/mol. The van der Waals surface area contributed by atoms with Crippen LogP contribution in [0.3, 0.4) is 0 Å². The Morgan fingerprint density at radius 1 is 0.962 bits per heavy atom. The van der Waals surface area contributed by atoms with E-state index in [2.05, 4.69) is 30.5 Å². The van der Waals surface area contributed by atoms with Gasteiger partial charge in [0.2, 0.25) is 5.91 Å². The Balaban J connectivity index is 1.91. The highest BCUT2D eigenvalue weighted by atomic mass is 16.2. The zero-order chi connectivity index (χ0) is 18.8. The fraction of sp³-hybridized carbons (Fsp3) is 0.273. The van der Waals surface area contributed by atoms with Crippen LogP contribution in [0.4, 0.5) is 0 Å². The standard InChI is InChI=1S/C22H25N3O/c1-15-9-10-16(2)25(15)21-8-6-7-20(23-21)19-13-11-18(12-14-19)17(3)22(26)24(4)5/h6-14,17H,1-5H3. The number of nitrogens with zero attached hydrogens (tertiary/aromatic N) is 3. The van der Waals surface area contributed by atoms with Crippen LogP contribution in [-0.4, -0.2) is 34.5 Å². The second-order valence-electron chi connectivity index (χ2n) is 6.91. The van der Waals surface area contributed by atoms with Crippen molar-refractivity contribution in [1.29, 1.82) is 0 Å². The molecule has 3 rings (SSSR count). The molecule has 0 radical (unpaired) electrons. The number of rotatable bonds is 4. The van der Waals surface area contributed by atoms with Crippen LogP contribution in [0.2, 0.25) is 0 Å². The average Bonchev–Trinajstić information content (AvgIpc) is 2.99. The highest BCUT2D eigenvalue weighted by Crippen LogP contribution is 2.24. The maximum Gasteiger partial charge on any atom is 0.229 e. The van der Waals surface area contributed by atoms with Crippen LogP contribution >= 0.6 is 0 Å². The van der Waals surface area contributed by atoms with E-state index in [1.54, 1.807) is 19.0 Å². The molecule has 4 nitrogen and oxygen atoms in total. The summed E-state index contributed by atoms with van der Waals surface area (Å²) in [5.74, 6) is 0.877. The van der Waals surface area contributed by atoms with Crippen molar-refractivity contribution in [3.63, 3.8) is 0 Å². The van der Waals surface area contributed by atoms with Gasteiger partial charge >= 0.3 is 0 Å². The predicted octanol–water partition coefficient (Wildman–Crippen LogP) is 4.35. The molecule has 0 spiro atoms. The Morgan fingerprint density at radius 2 is 1.58 bits per heavy atom. The van der Waals surface area contributed by atoms with E-state index in [0.29, 0.717) is 0 Å². The molecule has 1 unspecified atom stereocenters. The van der Waals surface area contributed by atoms with E-state index < -0.39 is 0 Å². The Morgan fingerprint density at radius 3 is 2.15 bits per heavy atom. The maximum atomic E-state index is 12.1. The number of carbonyl (C=O) groups is 1. The van der Waals surface area contributed by atoms with Crippen LogP contribution in [-0.2, 0) is 4.79 Å². The van der Waals surface area contributed by atoms with Gasteiger partial charge in [-0.1, -0.05) is 30.3 Å². The largest absolute Gasteiger partial charge is 0.348 e. The fourth-order valence-corrected chi connectivity index (χ4v) is 3.21. The Bertz CT molecular complexity index is 903. The van der Waals surface area contributed by atoms with E-state index in [-0.39, 0.29) is 11.8 Å². The fourth-order valence-electron chi connectivity index (χ4n) is 3.21. The summed E-state index contributed by atoms with van der Waals surface area (Å²) >= 11 is 0. The lowest BCUT2D eigenvalue weighted by molar-refractivity contribution is -0.129. The van der Waals surface area contributed by atoms with Gasteiger partial charge in [-0.25, -0.2) is 4.98 Å². The number of hydrogen-bond donors (Lipinski definition) is 0. The SMILES string of the molecule is Cc1ccc(C)n1-c1cccc(-c2ccc(C(C)C(=O)N(C)C)cc2)n1. The minimum absolute atomic E-state index is 0.108. The number of aryl methyl sites for hydroxylation is 2. The van der Waals surface area contributed by atoms with Gasteiger partial charge in [0.05, 0.1) is 11.6 Å². The van der Waals surface area contributed by atoms with Crippen molar-refractivity contribution in [1.82, 2.24) is 14.5 Å². The molecule has 2 heterocycles. The lowest BCUT2D eigenvalue weighted by Gasteiger charge is -2.17. The molecule has 0 saturated carbocycles. The summed E-state index contributed by atoms with van der Waals surface area (Å²) < 4.78 is 2.15. The number of amides is 1. The summed E-state index contributed by atoms with van der Waals surface area (Å²) in [6.07, 6.45) is 0. The molecule has 26 heavy (non-hydrogen) atoms. The molecule has 0 aliphatic rings. The molecule has 0 aliphatic heterocycles. The first-order chi connectivity index (χ1) is 12.4. The summed E-state index contributed by atoms with van der Waals surface area (Å²) in [5.41, 5.74) is 5.31. The molecular weight excluding hydrogens is 322 g/mol. The average molecular weight is 347 g/mol. The highest BCUT2D eigenvalue weighted by molar-refractivity contribution is 5.83. The van der Waals surface area contributed by atoms with E-state index >= 15 is 0 Å². The van der Waals surface area contributed by atoms with Crippen molar-refractivity contribution in [3.8, 4) is 17.1 Å². The molecular formula is C22H25N3O. The Hall–Kier alpha value is -2.88. The van der Waals surface area contributed by atoms with Gasteiger partial charge in [-0.2, -0.15) is 0 Å². The number of likely N-dealkylation sites (N-methyl/N-ethyl adjacent to an activating group) is 1. The maximum absolute atomic E-state index is 12.1. The van der Waals surface area contributed by atoms with Crippen molar-refractivity contribution in [2.45, 2.75) is 26.7 Å². The minimum Gasteiger partial charge on any atom is -0.348 e. The van der Waals surface area contributed by atoms with Gasteiger partial charge in [-0.15, -0.1) is 0 Å². The topological polar surface area (TPSA) is 38.1 Å². The first-order valence-corrected chi connectivity index (χ1v) is 8.82. The quantitative estimate of drug-likeness (QED) is 0.704. The summed E-state index contributed by atoms with van der Waals surface area (Å²) in [6.45, 7) is 6.10. The molecule has 2 aromatic heterocycles. The van der Waals surface area contributed by atoms with Gasteiger partial charge in [0.25, 0.3) is 0 Å². The Kier molecular flexibility index (Phi) is 4.94. The molecule has 0 bridgehead atoms. The van der Waals surface area contributed by atoms with Gasteiger partial charge in [0.15, 0.2) is 0 Å². The van der Waals surface area contributed by atoms with E-state index in [4.69, 9.17) is 4.98 Å². The third kappa shape index (κ3) is 3.40. The number of aromatic nitrogens is 2. The summed E-state index contributed by atoms with van der Waals surface area (Å²) in [4.78, 5) is 18.6. The predicted molar refractivity (Wildman–Crippen MR) is 106 cm³/mol. The van der Waals surface area contributed by atoms with Crippen LogP contribution in [0.25, 0.3) is 17.1 Å². The zero-order valence-corrected chi connectivity index (χ0v) is 16.0. The molecule has 134 valence electrons. The van der Waals surface area contributed by atoms with Crippen LogP contribution in [0.5, 0.6) is 0 Å². The van der Waals surface area contributed by atoms with E-state index in [9.17, 15) is 4.79 Å². The molecule has 1 atom stereocenters. The normalized spacial score (nSPS) is 12.0. The third-order valence-electron chi connectivity index (χ3n) is 4.75. The summed E-state index contributed by atoms with van der Waals surface area (Å²) in [7, 11) is 3.57. The van der Waals surface area contributed by atoms with Crippen molar-refractivity contribution in [2.24, 2.45) is 0 Å². The third-order valence-corrected chi connectivity index (χ3v) is 4.75. The van der Waals surface area contributed by atoms with Crippen molar-refractivity contribution in [3.05, 3.63) is 71.5 Å². The van der Waals surface area contributed by atoms with Gasteiger partial charge in [-0.3, -0.25) is 4.79 Å². The van der Waals surface area contributed by atoms with Gasteiger partial charge in [0.1, 0.15) is 5.82 Å². The van der Waals surface area contributed by atoms with Crippen molar-refractivity contribution < 1.29 is 4.79 Å². The second-order valence-corrected chi connectivity index (χ2v) is 6.91. The van der Waals surface area contributed by atoms with Crippen LogP contribution < -0.4 is 0 Å². The minimum atomic E-state index is -0.150.